The average Bonchev–Trinajstić information content (AvgIpc) is 3.39. The molecule has 146 valence electrons. The van der Waals surface area contributed by atoms with E-state index in [2.05, 4.69) is 16.4 Å². The summed E-state index contributed by atoms with van der Waals surface area (Å²) in [5, 5.41) is 2.89. The number of carbonyl (C=O) groups excluding carboxylic acids is 2. The third-order valence-corrected chi connectivity index (χ3v) is 6.64. The molecule has 1 atom stereocenters. The fourth-order valence-corrected chi connectivity index (χ4v) is 5.05. The normalized spacial score (nSPS) is 19.4. The van der Waals surface area contributed by atoms with Crippen LogP contribution in [0.15, 0.2) is 48.3 Å². The van der Waals surface area contributed by atoms with Crippen molar-refractivity contribution in [1.82, 2.24) is 9.88 Å². The van der Waals surface area contributed by atoms with Gasteiger partial charge in [0.15, 0.2) is 0 Å². The molecule has 0 aromatic carbocycles. The van der Waals surface area contributed by atoms with Gasteiger partial charge < -0.3 is 10.2 Å². The Kier molecular flexibility index (Phi) is 5.86. The van der Waals surface area contributed by atoms with Gasteiger partial charge in [-0.15, -0.1) is 11.3 Å². The van der Waals surface area contributed by atoms with Crippen LogP contribution in [0.1, 0.15) is 65.5 Å². The molecule has 0 unspecified atom stereocenters. The second-order valence-corrected chi connectivity index (χ2v) is 8.54. The molecule has 28 heavy (non-hydrogen) atoms. The number of hydrogen-bond donors (Lipinski definition) is 1. The van der Waals surface area contributed by atoms with E-state index in [4.69, 9.17) is 0 Å². The first kappa shape index (κ1) is 18.9. The molecule has 1 aliphatic carbocycles. The molecular formula is C22H25N3O2S. The Morgan fingerprint density at radius 3 is 2.79 bits per heavy atom. The zero-order valence-corrected chi connectivity index (χ0v) is 16.7. The third-order valence-electron chi connectivity index (χ3n) is 5.45. The van der Waals surface area contributed by atoms with E-state index in [-0.39, 0.29) is 17.9 Å². The fraction of sp³-hybridized carbons (Fsp3) is 0.409. The zero-order valence-electron chi connectivity index (χ0n) is 15.9. The summed E-state index contributed by atoms with van der Waals surface area (Å²) in [5.41, 5.74) is 2.03. The first-order valence-electron chi connectivity index (χ1n) is 9.99. The third kappa shape index (κ3) is 4.33. The number of nitrogens with zero attached hydrogens (tertiary/aromatic N) is 2. The zero-order chi connectivity index (χ0) is 19.3. The van der Waals surface area contributed by atoms with Crippen LogP contribution in [0.3, 0.4) is 0 Å². The average molecular weight is 396 g/mol. The minimum atomic E-state index is -0.120. The number of pyridine rings is 1. The lowest BCUT2D eigenvalue weighted by atomic mass is 9.96. The van der Waals surface area contributed by atoms with Gasteiger partial charge in [0.05, 0.1) is 10.9 Å². The molecule has 2 aromatic rings. The minimum absolute atomic E-state index is 0.101. The minimum Gasteiger partial charge on any atom is -0.335 e. The van der Waals surface area contributed by atoms with Crippen molar-refractivity contribution in [2.45, 2.75) is 51.0 Å². The summed E-state index contributed by atoms with van der Waals surface area (Å²) in [5.74, 6) is 0.109. The first-order valence-corrected chi connectivity index (χ1v) is 10.8. The van der Waals surface area contributed by atoms with Crippen LogP contribution in [0.25, 0.3) is 0 Å². The van der Waals surface area contributed by atoms with Gasteiger partial charge in [-0.05, 0) is 62.8 Å². The van der Waals surface area contributed by atoms with Crippen molar-refractivity contribution >= 4 is 28.8 Å². The highest BCUT2D eigenvalue weighted by atomic mass is 32.1. The molecule has 1 aliphatic heterocycles. The Morgan fingerprint density at radius 1 is 1.14 bits per heavy atom. The molecule has 1 fully saturated rings. The molecular weight excluding hydrogens is 370 g/mol. The van der Waals surface area contributed by atoms with Crippen molar-refractivity contribution in [2.75, 3.05) is 11.9 Å². The van der Waals surface area contributed by atoms with Crippen molar-refractivity contribution in [3.8, 4) is 0 Å². The van der Waals surface area contributed by atoms with Crippen molar-refractivity contribution in [1.29, 1.82) is 0 Å². The smallest absolute Gasteiger partial charge is 0.265 e. The maximum atomic E-state index is 12.9. The highest BCUT2D eigenvalue weighted by Crippen LogP contribution is 2.37. The number of likely N-dealkylation sites (tertiary alicyclic amines) is 1. The predicted molar refractivity (Wildman–Crippen MR) is 111 cm³/mol. The van der Waals surface area contributed by atoms with E-state index in [0.29, 0.717) is 11.3 Å². The number of thiophene rings is 1. The number of hydrogen-bond acceptors (Lipinski definition) is 4. The summed E-state index contributed by atoms with van der Waals surface area (Å²) in [6, 6.07) is 7.50. The van der Waals surface area contributed by atoms with E-state index < -0.39 is 0 Å². The molecule has 2 amide bonds. The molecule has 0 radical (unpaired) electrons. The van der Waals surface area contributed by atoms with Crippen LogP contribution in [0.4, 0.5) is 5.69 Å². The van der Waals surface area contributed by atoms with Gasteiger partial charge in [0.2, 0.25) is 5.91 Å². The molecule has 2 aromatic heterocycles. The van der Waals surface area contributed by atoms with Crippen molar-refractivity contribution in [3.63, 3.8) is 0 Å². The van der Waals surface area contributed by atoms with Crippen LogP contribution in [0.2, 0.25) is 0 Å². The summed E-state index contributed by atoms with van der Waals surface area (Å²) in [7, 11) is 0. The standard InChI is InChI=1S/C22H25N3O2S/c26-21(15-16-5-2-1-3-6-16)25-14-4-7-18(25)19-8-9-20(28-19)22(27)24-17-10-12-23-13-11-17/h5,8-13,18H,1-4,6-7,14-15H2,(H,23,24,27)/t18-/m0/s1. The van der Waals surface area contributed by atoms with Gasteiger partial charge in [-0.25, -0.2) is 0 Å². The lowest BCUT2D eigenvalue weighted by Gasteiger charge is -2.25. The maximum absolute atomic E-state index is 12.9. The number of rotatable bonds is 5. The van der Waals surface area contributed by atoms with Crippen LogP contribution in [-0.2, 0) is 4.79 Å². The molecule has 0 spiro atoms. The molecule has 5 nitrogen and oxygen atoms in total. The number of allylic oxidation sites excluding steroid dienone is 1. The topological polar surface area (TPSA) is 62.3 Å². The van der Waals surface area contributed by atoms with Crippen LogP contribution >= 0.6 is 11.3 Å². The largest absolute Gasteiger partial charge is 0.335 e. The quantitative estimate of drug-likeness (QED) is 0.729. The molecule has 1 saturated heterocycles. The van der Waals surface area contributed by atoms with E-state index in [9.17, 15) is 9.59 Å². The SMILES string of the molecule is O=C(Nc1ccncc1)c1ccc([C@@H]2CCCN2C(=O)CC2=CCCCC2)s1. The van der Waals surface area contributed by atoms with Crippen LogP contribution < -0.4 is 5.32 Å². The van der Waals surface area contributed by atoms with Crippen LogP contribution in [0, 0.1) is 0 Å². The van der Waals surface area contributed by atoms with E-state index in [1.165, 1.54) is 29.8 Å². The number of aromatic nitrogens is 1. The van der Waals surface area contributed by atoms with Gasteiger partial charge in [-0.3, -0.25) is 14.6 Å². The second-order valence-electron chi connectivity index (χ2n) is 7.42. The number of anilines is 1. The molecule has 6 heteroatoms. The van der Waals surface area contributed by atoms with Gasteiger partial charge in [0.1, 0.15) is 0 Å². The molecule has 1 N–H and O–H groups in total. The fourth-order valence-electron chi connectivity index (χ4n) is 4.00. The van der Waals surface area contributed by atoms with Crippen LogP contribution in [-0.4, -0.2) is 28.2 Å². The summed E-state index contributed by atoms with van der Waals surface area (Å²) in [6.45, 7) is 0.813. The Labute approximate surface area is 169 Å². The number of carbonyl (C=O) groups is 2. The second kappa shape index (κ2) is 8.69. The summed E-state index contributed by atoms with van der Waals surface area (Å²) < 4.78 is 0. The summed E-state index contributed by atoms with van der Waals surface area (Å²) >= 11 is 1.49. The predicted octanol–water partition coefficient (Wildman–Crippen LogP) is 4.95. The lowest BCUT2D eigenvalue weighted by molar-refractivity contribution is -0.131. The molecule has 0 bridgehead atoms. The van der Waals surface area contributed by atoms with Gasteiger partial charge >= 0.3 is 0 Å². The van der Waals surface area contributed by atoms with Gasteiger partial charge in [0.25, 0.3) is 5.91 Å². The van der Waals surface area contributed by atoms with Gasteiger partial charge in [-0.1, -0.05) is 11.6 Å². The Balaban J connectivity index is 1.42. The van der Waals surface area contributed by atoms with E-state index in [1.54, 1.807) is 24.5 Å². The maximum Gasteiger partial charge on any atom is 0.265 e. The van der Waals surface area contributed by atoms with Crippen molar-refractivity contribution < 1.29 is 9.59 Å². The monoisotopic (exact) mass is 395 g/mol. The molecule has 2 aliphatic rings. The summed E-state index contributed by atoms with van der Waals surface area (Å²) in [6.07, 6.45) is 12.7. The summed E-state index contributed by atoms with van der Waals surface area (Å²) in [4.78, 5) is 33.1. The molecule has 0 saturated carbocycles. The molecule has 3 heterocycles. The highest BCUT2D eigenvalue weighted by molar-refractivity contribution is 7.14. The first-order chi connectivity index (χ1) is 13.7. The highest BCUT2D eigenvalue weighted by Gasteiger charge is 2.31. The van der Waals surface area contributed by atoms with E-state index >= 15 is 0 Å². The van der Waals surface area contributed by atoms with Gasteiger partial charge in [0, 0.05) is 35.9 Å². The van der Waals surface area contributed by atoms with Crippen molar-refractivity contribution in [2.24, 2.45) is 0 Å². The van der Waals surface area contributed by atoms with Crippen molar-refractivity contribution in [3.05, 3.63) is 58.1 Å². The number of nitrogens with one attached hydrogen (secondary N) is 1. The van der Waals surface area contributed by atoms with Gasteiger partial charge in [-0.2, -0.15) is 0 Å². The van der Waals surface area contributed by atoms with Crippen LogP contribution in [0.5, 0.6) is 0 Å². The Morgan fingerprint density at radius 2 is 2.00 bits per heavy atom. The Bertz CT molecular complexity index is 875. The van der Waals surface area contributed by atoms with E-state index in [1.807, 2.05) is 17.0 Å². The molecule has 4 rings (SSSR count). The Hall–Kier alpha value is -2.47. The lowest BCUT2D eigenvalue weighted by Crippen LogP contribution is -2.30. The van der Waals surface area contributed by atoms with E-state index in [0.717, 1.165) is 42.8 Å². The number of amides is 2.